The largest absolute Gasteiger partial charge is 0.504 e. The summed E-state index contributed by atoms with van der Waals surface area (Å²) in [6, 6.07) is 7.74. The molecule has 0 spiro atoms. The van der Waals surface area contributed by atoms with Crippen LogP contribution in [0.5, 0.6) is 11.5 Å². The van der Waals surface area contributed by atoms with Crippen molar-refractivity contribution < 1.29 is 9.84 Å². The molecule has 0 unspecified atom stereocenters. The lowest BCUT2D eigenvalue weighted by atomic mass is 10.2. The summed E-state index contributed by atoms with van der Waals surface area (Å²) in [5, 5.41) is 17.3. The van der Waals surface area contributed by atoms with Gasteiger partial charge in [0.15, 0.2) is 11.5 Å². The zero-order valence-corrected chi connectivity index (χ0v) is 12.1. The molecule has 0 fully saturated rings. The molecule has 1 aromatic carbocycles. The van der Waals surface area contributed by atoms with Crippen LogP contribution in [0.4, 0.5) is 0 Å². The van der Waals surface area contributed by atoms with E-state index in [0.717, 1.165) is 11.3 Å². The van der Waals surface area contributed by atoms with Gasteiger partial charge >= 0.3 is 0 Å². The van der Waals surface area contributed by atoms with Crippen LogP contribution in [0.1, 0.15) is 31.1 Å². The van der Waals surface area contributed by atoms with Crippen LogP contribution in [0.25, 0.3) is 0 Å². The highest BCUT2D eigenvalue weighted by atomic mass is 16.5. The zero-order valence-electron chi connectivity index (χ0n) is 12.1. The summed E-state index contributed by atoms with van der Waals surface area (Å²) in [7, 11) is 1.55. The fraction of sp³-hybridized carbons (Fsp3) is 0.400. The molecular formula is C15H21N3O2. The van der Waals surface area contributed by atoms with Crippen LogP contribution in [0, 0.1) is 0 Å². The van der Waals surface area contributed by atoms with E-state index in [1.807, 2.05) is 29.1 Å². The zero-order chi connectivity index (χ0) is 14.5. The number of aromatic nitrogens is 2. The van der Waals surface area contributed by atoms with E-state index >= 15 is 0 Å². The van der Waals surface area contributed by atoms with Crippen molar-refractivity contribution in [2.45, 2.75) is 33.0 Å². The maximum Gasteiger partial charge on any atom is 0.160 e. The second-order valence-corrected chi connectivity index (χ2v) is 4.99. The third kappa shape index (κ3) is 3.51. The number of methoxy groups -OCH3 is 1. The van der Waals surface area contributed by atoms with Gasteiger partial charge in [-0.1, -0.05) is 6.07 Å². The van der Waals surface area contributed by atoms with E-state index < -0.39 is 0 Å². The first-order chi connectivity index (χ1) is 9.60. The Morgan fingerprint density at radius 2 is 2.10 bits per heavy atom. The molecule has 108 valence electrons. The van der Waals surface area contributed by atoms with Gasteiger partial charge in [-0.2, -0.15) is 5.10 Å². The number of nitrogens with zero attached hydrogens (tertiary/aromatic N) is 2. The summed E-state index contributed by atoms with van der Waals surface area (Å²) in [4.78, 5) is 0. The second-order valence-electron chi connectivity index (χ2n) is 4.99. The maximum atomic E-state index is 9.53. The van der Waals surface area contributed by atoms with E-state index in [9.17, 15) is 5.11 Å². The van der Waals surface area contributed by atoms with Gasteiger partial charge in [0.2, 0.25) is 0 Å². The summed E-state index contributed by atoms with van der Waals surface area (Å²) in [6.07, 6.45) is 1.99. The molecule has 1 heterocycles. The van der Waals surface area contributed by atoms with E-state index in [4.69, 9.17) is 4.74 Å². The standard InChI is InChI=1S/C15H21N3O2/c1-11(2)18-7-6-13(17-18)10-16-9-12-4-5-14(19)15(8-12)20-3/h4-8,11,16,19H,9-10H2,1-3H3. The third-order valence-corrected chi connectivity index (χ3v) is 3.07. The Morgan fingerprint density at radius 3 is 2.75 bits per heavy atom. The highest BCUT2D eigenvalue weighted by Gasteiger charge is 2.04. The molecule has 2 aromatic rings. The highest BCUT2D eigenvalue weighted by Crippen LogP contribution is 2.26. The summed E-state index contributed by atoms with van der Waals surface area (Å²) in [5.41, 5.74) is 2.08. The molecule has 0 amide bonds. The molecule has 2 rings (SSSR count). The normalized spacial score (nSPS) is 11.0. The monoisotopic (exact) mass is 275 g/mol. The topological polar surface area (TPSA) is 59.3 Å². The summed E-state index contributed by atoms with van der Waals surface area (Å²) in [5.74, 6) is 0.653. The van der Waals surface area contributed by atoms with Crippen molar-refractivity contribution in [1.82, 2.24) is 15.1 Å². The molecular weight excluding hydrogens is 254 g/mol. The van der Waals surface area contributed by atoms with E-state index in [1.54, 1.807) is 13.2 Å². The molecule has 1 aromatic heterocycles. The number of phenols is 1. The van der Waals surface area contributed by atoms with Gasteiger partial charge in [0, 0.05) is 25.3 Å². The van der Waals surface area contributed by atoms with Crippen molar-refractivity contribution in [3.05, 3.63) is 41.7 Å². The van der Waals surface area contributed by atoms with Crippen molar-refractivity contribution in [3.63, 3.8) is 0 Å². The fourth-order valence-electron chi connectivity index (χ4n) is 1.93. The van der Waals surface area contributed by atoms with E-state index in [1.165, 1.54) is 0 Å². The minimum atomic E-state index is 0.159. The van der Waals surface area contributed by atoms with Crippen molar-refractivity contribution in [2.75, 3.05) is 7.11 Å². The predicted molar refractivity (Wildman–Crippen MR) is 77.8 cm³/mol. The fourth-order valence-corrected chi connectivity index (χ4v) is 1.93. The molecule has 2 N–H and O–H groups in total. The summed E-state index contributed by atoms with van der Waals surface area (Å²) < 4.78 is 7.03. The number of rotatable bonds is 6. The number of nitrogens with one attached hydrogen (secondary N) is 1. The molecule has 0 saturated carbocycles. The molecule has 0 aliphatic rings. The number of aromatic hydroxyl groups is 1. The van der Waals surface area contributed by atoms with Crippen molar-refractivity contribution in [2.24, 2.45) is 0 Å². The van der Waals surface area contributed by atoms with Crippen LogP contribution in [0.2, 0.25) is 0 Å². The first-order valence-corrected chi connectivity index (χ1v) is 6.70. The van der Waals surface area contributed by atoms with Crippen LogP contribution in [-0.4, -0.2) is 22.0 Å². The lowest BCUT2D eigenvalue weighted by Crippen LogP contribution is -2.13. The quantitative estimate of drug-likeness (QED) is 0.850. The number of hydrogen-bond acceptors (Lipinski definition) is 4. The van der Waals surface area contributed by atoms with Crippen LogP contribution < -0.4 is 10.1 Å². The van der Waals surface area contributed by atoms with Gasteiger partial charge in [-0.15, -0.1) is 0 Å². The number of phenolic OH excluding ortho intramolecular Hbond substituents is 1. The Hall–Kier alpha value is -2.01. The maximum absolute atomic E-state index is 9.53. The van der Waals surface area contributed by atoms with E-state index in [-0.39, 0.29) is 5.75 Å². The average Bonchev–Trinajstić information content (AvgIpc) is 2.89. The van der Waals surface area contributed by atoms with E-state index in [0.29, 0.717) is 24.9 Å². The van der Waals surface area contributed by atoms with Crippen molar-refractivity contribution in [3.8, 4) is 11.5 Å². The lowest BCUT2D eigenvalue weighted by molar-refractivity contribution is 0.372. The predicted octanol–water partition coefficient (Wildman–Crippen LogP) is 2.47. The molecule has 0 atom stereocenters. The van der Waals surface area contributed by atoms with Gasteiger partial charge in [0.25, 0.3) is 0 Å². The Morgan fingerprint density at radius 1 is 1.30 bits per heavy atom. The molecule has 5 heteroatoms. The van der Waals surface area contributed by atoms with Gasteiger partial charge in [-0.3, -0.25) is 4.68 Å². The van der Waals surface area contributed by atoms with Crippen LogP contribution in [0.15, 0.2) is 30.5 Å². The summed E-state index contributed by atoms with van der Waals surface area (Å²) in [6.45, 7) is 5.62. The number of ether oxygens (including phenoxy) is 1. The Bertz CT molecular complexity index is 564. The first-order valence-electron chi connectivity index (χ1n) is 6.70. The SMILES string of the molecule is COc1cc(CNCc2ccn(C(C)C)n2)ccc1O. The van der Waals surface area contributed by atoms with Gasteiger partial charge in [-0.05, 0) is 37.6 Å². The molecule has 0 saturated heterocycles. The van der Waals surface area contributed by atoms with Gasteiger partial charge in [0.05, 0.1) is 12.8 Å². The van der Waals surface area contributed by atoms with Crippen LogP contribution >= 0.6 is 0 Å². The minimum absolute atomic E-state index is 0.159. The molecule has 20 heavy (non-hydrogen) atoms. The van der Waals surface area contributed by atoms with Crippen molar-refractivity contribution >= 4 is 0 Å². The summed E-state index contributed by atoms with van der Waals surface area (Å²) >= 11 is 0. The first kappa shape index (κ1) is 14.4. The van der Waals surface area contributed by atoms with Gasteiger partial charge in [0.1, 0.15) is 0 Å². The lowest BCUT2D eigenvalue weighted by Gasteiger charge is -2.07. The molecule has 0 aliphatic heterocycles. The third-order valence-electron chi connectivity index (χ3n) is 3.07. The van der Waals surface area contributed by atoms with Gasteiger partial charge < -0.3 is 15.2 Å². The number of benzene rings is 1. The second kappa shape index (κ2) is 6.43. The molecule has 0 radical (unpaired) electrons. The van der Waals surface area contributed by atoms with Gasteiger partial charge in [-0.25, -0.2) is 0 Å². The Kier molecular flexibility index (Phi) is 4.63. The van der Waals surface area contributed by atoms with Crippen LogP contribution in [-0.2, 0) is 13.1 Å². The van der Waals surface area contributed by atoms with Crippen LogP contribution in [0.3, 0.4) is 0 Å². The smallest absolute Gasteiger partial charge is 0.160 e. The highest BCUT2D eigenvalue weighted by molar-refractivity contribution is 5.41. The molecule has 5 nitrogen and oxygen atoms in total. The Labute approximate surface area is 119 Å². The average molecular weight is 275 g/mol. The van der Waals surface area contributed by atoms with Crippen molar-refractivity contribution in [1.29, 1.82) is 0 Å². The Balaban J connectivity index is 1.89. The molecule has 0 bridgehead atoms. The number of hydrogen-bond donors (Lipinski definition) is 2. The minimum Gasteiger partial charge on any atom is -0.504 e. The molecule has 0 aliphatic carbocycles. The van der Waals surface area contributed by atoms with E-state index in [2.05, 4.69) is 24.3 Å².